The van der Waals surface area contributed by atoms with Crippen molar-refractivity contribution in [2.45, 2.75) is 25.3 Å². The number of esters is 1. The number of hydrogen-bond donors (Lipinski definition) is 1. The standard InChI is InChI=1S/C15H21ClN2O3.ClH/c1-18(9-8-11-4-3-5-12(16)10-11)14(19)7-6-13(17)15(20)21-2;/h3-5,10,13H,6-9,17H2,1-2H3;1H/t13-;/m0./s1. The van der Waals surface area contributed by atoms with Crippen LogP contribution in [0.25, 0.3) is 0 Å². The van der Waals surface area contributed by atoms with Crippen molar-refractivity contribution in [3.8, 4) is 0 Å². The molecule has 1 atom stereocenters. The molecule has 0 aliphatic carbocycles. The number of methoxy groups -OCH3 is 1. The lowest BCUT2D eigenvalue weighted by atomic mass is 10.1. The summed E-state index contributed by atoms with van der Waals surface area (Å²) in [4.78, 5) is 24.7. The smallest absolute Gasteiger partial charge is 0.322 e. The van der Waals surface area contributed by atoms with Gasteiger partial charge in [0.15, 0.2) is 0 Å². The first-order valence-corrected chi connectivity index (χ1v) is 7.13. The number of nitrogens with zero attached hydrogens (tertiary/aromatic N) is 1. The molecule has 0 aromatic heterocycles. The van der Waals surface area contributed by atoms with Crippen LogP contribution in [0, 0.1) is 0 Å². The lowest BCUT2D eigenvalue weighted by Gasteiger charge is -2.18. The molecule has 0 bridgehead atoms. The van der Waals surface area contributed by atoms with Gasteiger partial charge in [0.25, 0.3) is 0 Å². The fourth-order valence-electron chi connectivity index (χ4n) is 1.85. The van der Waals surface area contributed by atoms with Crippen molar-refractivity contribution in [1.82, 2.24) is 4.90 Å². The number of ether oxygens (including phenoxy) is 1. The zero-order valence-electron chi connectivity index (χ0n) is 12.8. The van der Waals surface area contributed by atoms with Gasteiger partial charge in [0, 0.05) is 25.0 Å². The van der Waals surface area contributed by atoms with Crippen molar-refractivity contribution in [3.05, 3.63) is 34.9 Å². The maximum Gasteiger partial charge on any atom is 0.322 e. The van der Waals surface area contributed by atoms with E-state index in [1.165, 1.54) is 7.11 Å². The summed E-state index contributed by atoms with van der Waals surface area (Å²) in [6, 6.07) is 6.80. The lowest BCUT2D eigenvalue weighted by Crippen LogP contribution is -2.34. The van der Waals surface area contributed by atoms with E-state index < -0.39 is 12.0 Å². The second kappa shape index (κ2) is 10.4. The summed E-state index contributed by atoms with van der Waals surface area (Å²) in [7, 11) is 3.01. The fraction of sp³-hybridized carbons (Fsp3) is 0.467. The van der Waals surface area contributed by atoms with E-state index in [2.05, 4.69) is 4.74 Å². The Labute approximate surface area is 142 Å². The summed E-state index contributed by atoms with van der Waals surface area (Å²) in [5.74, 6) is -0.541. The molecule has 1 aromatic rings. The van der Waals surface area contributed by atoms with E-state index in [1.54, 1.807) is 11.9 Å². The maximum absolute atomic E-state index is 11.9. The summed E-state index contributed by atoms with van der Waals surface area (Å²) in [5.41, 5.74) is 6.68. The van der Waals surface area contributed by atoms with E-state index in [-0.39, 0.29) is 31.2 Å². The fourth-order valence-corrected chi connectivity index (χ4v) is 2.07. The SMILES string of the molecule is COC(=O)[C@@H](N)CCC(=O)N(C)CCc1cccc(Cl)c1.Cl. The normalized spacial score (nSPS) is 11.3. The predicted octanol–water partition coefficient (Wildman–Crippen LogP) is 2.04. The minimum absolute atomic E-state index is 0. The third-order valence-electron chi connectivity index (χ3n) is 3.22. The third-order valence-corrected chi connectivity index (χ3v) is 3.46. The molecule has 124 valence electrons. The monoisotopic (exact) mass is 348 g/mol. The number of carbonyl (C=O) groups excluding carboxylic acids is 2. The quantitative estimate of drug-likeness (QED) is 0.765. The van der Waals surface area contributed by atoms with Gasteiger partial charge in [-0.3, -0.25) is 9.59 Å². The van der Waals surface area contributed by atoms with Crippen molar-refractivity contribution >= 4 is 35.9 Å². The van der Waals surface area contributed by atoms with Gasteiger partial charge in [-0.05, 0) is 30.5 Å². The third kappa shape index (κ3) is 7.11. The van der Waals surface area contributed by atoms with E-state index in [4.69, 9.17) is 17.3 Å². The molecule has 0 fully saturated rings. The molecule has 0 unspecified atom stereocenters. The molecule has 1 amide bonds. The molecule has 2 N–H and O–H groups in total. The van der Waals surface area contributed by atoms with E-state index in [0.717, 1.165) is 12.0 Å². The molecule has 0 spiro atoms. The average Bonchev–Trinajstić information content (AvgIpc) is 2.49. The van der Waals surface area contributed by atoms with Gasteiger partial charge in [-0.1, -0.05) is 23.7 Å². The molecular weight excluding hydrogens is 327 g/mol. The van der Waals surface area contributed by atoms with Gasteiger partial charge in [0.1, 0.15) is 6.04 Å². The van der Waals surface area contributed by atoms with Crippen LogP contribution in [0.3, 0.4) is 0 Å². The van der Waals surface area contributed by atoms with Gasteiger partial charge in [-0.2, -0.15) is 0 Å². The second-order valence-corrected chi connectivity index (χ2v) is 5.30. The first-order chi connectivity index (χ1) is 9.93. The van der Waals surface area contributed by atoms with Crippen LogP contribution in [0.2, 0.25) is 5.02 Å². The summed E-state index contributed by atoms with van der Waals surface area (Å²) in [6.45, 7) is 0.590. The van der Waals surface area contributed by atoms with Crippen LogP contribution in [0.1, 0.15) is 18.4 Å². The molecule has 22 heavy (non-hydrogen) atoms. The van der Waals surface area contributed by atoms with Crippen LogP contribution in [0.5, 0.6) is 0 Å². The molecule has 0 radical (unpaired) electrons. The number of rotatable bonds is 7. The van der Waals surface area contributed by atoms with E-state index in [0.29, 0.717) is 11.6 Å². The highest BCUT2D eigenvalue weighted by atomic mass is 35.5. The molecule has 0 heterocycles. The Balaban J connectivity index is 0.00000441. The molecule has 0 saturated heterocycles. The van der Waals surface area contributed by atoms with E-state index >= 15 is 0 Å². The number of likely N-dealkylation sites (N-methyl/N-ethyl adjacent to an activating group) is 1. The van der Waals surface area contributed by atoms with Gasteiger partial charge in [0.2, 0.25) is 5.91 Å². The van der Waals surface area contributed by atoms with Crippen molar-refractivity contribution in [2.24, 2.45) is 5.73 Å². The number of carbonyl (C=O) groups is 2. The largest absolute Gasteiger partial charge is 0.468 e. The zero-order chi connectivity index (χ0) is 15.8. The first kappa shape index (κ1) is 20.7. The van der Waals surface area contributed by atoms with Gasteiger partial charge in [-0.15, -0.1) is 12.4 Å². The van der Waals surface area contributed by atoms with Gasteiger partial charge < -0.3 is 15.4 Å². The summed E-state index contributed by atoms with van der Waals surface area (Å²) >= 11 is 5.91. The van der Waals surface area contributed by atoms with Gasteiger partial charge in [0.05, 0.1) is 7.11 Å². The predicted molar refractivity (Wildman–Crippen MR) is 89.3 cm³/mol. The highest BCUT2D eigenvalue weighted by Gasteiger charge is 2.17. The Bertz CT molecular complexity index is 497. The van der Waals surface area contributed by atoms with Crippen molar-refractivity contribution in [2.75, 3.05) is 20.7 Å². The van der Waals surface area contributed by atoms with Crippen LogP contribution in [0.15, 0.2) is 24.3 Å². The van der Waals surface area contributed by atoms with Crippen LogP contribution >= 0.6 is 24.0 Å². The van der Waals surface area contributed by atoms with Crippen molar-refractivity contribution in [3.63, 3.8) is 0 Å². The molecule has 0 aliphatic heterocycles. The first-order valence-electron chi connectivity index (χ1n) is 6.76. The van der Waals surface area contributed by atoms with Gasteiger partial charge in [-0.25, -0.2) is 0 Å². The Kier molecular flexibility index (Phi) is 9.81. The number of nitrogens with two attached hydrogens (primary N) is 1. The summed E-state index contributed by atoms with van der Waals surface area (Å²) in [5, 5.41) is 0.686. The van der Waals surface area contributed by atoms with Crippen LogP contribution in [-0.2, 0) is 20.7 Å². The van der Waals surface area contributed by atoms with Crippen LogP contribution in [0.4, 0.5) is 0 Å². The molecule has 1 aromatic carbocycles. The Morgan fingerprint density at radius 2 is 2.09 bits per heavy atom. The topological polar surface area (TPSA) is 72.6 Å². The molecule has 7 heteroatoms. The molecule has 0 saturated carbocycles. The molecule has 5 nitrogen and oxygen atoms in total. The molecule has 1 rings (SSSR count). The highest BCUT2D eigenvalue weighted by Crippen LogP contribution is 2.11. The number of amides is 1. The lowest BCUT2D eigenvalue weighted by molar-refractivity contribution is -0.142. The minimum atomic E-state index is -0.750. The number of halogens is 2. The van der Waals surface area contributed by atoms with Gasteiger partial charge >= 0.3 is 5.97 Å². The number of hydrogen-bond acceptors (Lipinski definition) is 4. The summed E-state index contributed by atoms with van der Waals surface area (Å²) in [6.07, 6.45) is 1.24. The molecular formula is C15H22Cl2N2O3. The molecule has 0 aliphatic rings. The summed E-state index contributed by atoms with van der Waals surface area (Å²) < 4.78 is 4.52. The second-order valence-electron chi connectivity index (χ2n) is 4.86. The van der Waals surface area contributed by atoms with E-state index in [1.807, 2.05) is 24.3 Å². The minimum Gasteiger partial charge on any atom is -0.468 e. The highest BCUT2D eigenvalue weighted by molar-refractivity contribution is 6.30. The Hall–Kier alpha value is -1.30. The van der Waals surface area contributed by atoms with Crippen molar-refractivity contribution in [1.29, 1.82) is 0 Å². The van der Waals surface area contributed by atoms with E-state index in [9.17, 15) is 9.59 Å². The Morgan fingerprint density at radius 3 is 2.68 bits per heavy atom. The Morgan fingerprint density at radius 1 is 1.41 bits per heavy atom. The van der Waals surface area contributed by atoms with Crippen LogP contribution < -0.4 is 5.73 Å². The van der Waals surface area contributed by atoms with Crippen molar-refractivity contribution < 1.29 is 14.3 Å². The van der Waals surface area contributed by atoms with Crippen LogP contribution in [-0.4, -0.2) is 43.5 Å². The maximum atomic E-state index is 11.9. The average molecular weight is 349 g/mol. The zero-order valence-corrected chi connectivity index (χ0v) is 14.3. The number of benzene rings is 1.